The Balaban J connectivity index is 1.33. The van der Waals surface area contributed by atoms with Crippen LogP contribution in [0.25, 0.3) is 0 Å². The number of rotatable bonds is 9. The minimum absolute atomic E-state index is 0.216. The summed E-state index contributed by atoms with van der Waals surface area (Å²) in [7, 11) is 0. The van der Waals surface area contributed by atoms with Crippen molar-refractivity contribution in [1.29, 1.82) is 0 Å². The van der Waals surface area contributed by atoms with Crippen LogP contribution in [0.4, 0.5) is 11.6 Å². The topological polar surface area (TPSA) is 81.1 Å². The molecule has 0 fully saturated rings. The highest BCUT2D eigenvalue weighted by Gasteiger charge is 2.35. The number of ether oxygens (including phenoxy) is 1. The highest BCUT2D eigenvalue weighted by molar-refractivity contribution is 7.98. The molecule has 222 valence electrons. The summed E-state index contributed by atoms with van der Waals surface area (Å²) in [5.74, 6) is 1.66. The number of fused-ring (bicyclic) bond motifs is 1. The molecule has 4 aromatic carbocycles. The van der Waals surface area contributed by atoms with Gasteiger partial charge in [0.25, 0.3) is 5.91 Å². The monoisotopic (exact) mass is 621 g/mol. The Morgan fingerprint density at radius 1 is 0.977 bits per heavy atom. The van der Waals surface area contributed by atoms with E-state index in [-0.39, 0.29) is 5.91 Å². The van der Waals surface area contributed by atoms with Crippen molar-refractivity contribution in [2.45, 2.75) is 44.3 Å². The lowest BCUT2D eigenvalue weighted by atomic mass is 9.94. The van der Waals surface area contributed by atoms with Gasteiger partial charge in [-0.2, -0.15) is 4.98 Å². The van der Waals surface area contributed by atoms with Gasteiger partial charge in [-0.3, -0.25) is 4.79 Å². The molecule has 0 bridgehead atoms. The van der Waals surface area contributed by atoms with Crippen LogP contribution in [0.15, 0.2) is 113 Å². The molecule has 0 spiro atoms. The average molecular weight is 622 g/mol. The number of nitrogens with one attached hydrogen (secondary N) is 2. The second kappa shape index (κ2) is 13.0. The Morgan fingerprint density at radius 3 is 2.55 bits per heavy atom. The van der Waals surface area contributed by atoms with Gasteiger partial charge in [0, 0.05) is 22.2 Å². The molecule has 1 aliphatic heterocycles. The zero-order valence-electron chi connectivity index (χ0n) is 24.7. The Kier molecular flexibility index (Phi) is 8.72. The second-order valence-corrected chi connectivity index (χ2v) is 12.1. The van der Waals surface area contributed by atoms with E-state index in [2.05, 4.69) is 41.8 Å². The summed E-state index contributed by atoms with van der Waals surface area (Å²) in [5, 5.41) is 12.6. The molecule has 0 saturated heterocycles. The first kappa shape index (κ1) is 29.5. The molecular weight excluding hydrogens is 590 g/mol. The fourth-order valence-electron chi connectivity index (χ4n) is 5.08. The van der Waals surface area contributed by atoms with E-state index in [4.69, 9.17) is 26.4 Å². The highest BCUT2D eigenvalue weighted by Crippen LogP contribution is 2.38. The summed E-state index contributed by atoms with van der Waals surface area (Å²) in [4.78, 5) is 18.8. The minimum Gasteiger partial charge on any atom is -0.489 e. The number of carbonyl (C=O) groups is 1. The average Bonchev–Trinajstić information content (AvgIpc) is 3.43. The van der Waals surface area contributed by atoms with Gasteiger partial charge in [0.15, 0.2) is 0 Å². The molecule has 2 heterocycles. The molecule has 6 rings (SSSR count). The summed E-state index contributed by atoms with van der Waals surface area (Å²) >= 11 is 7.89. The quantitative estimate of drug-likeness (QED) is 0.161. The van der Waals surface area contributed by atoms with Crippen LogP contribution in [0.3, 0.4) is 0 Å². The number of anilines is 2. The molecule has 0 radical (unpaired) electrons. The van der Waals surface area contributed by atoms with Crippen molar-refractivity contribution in [2.24, 2.45) is 0 Å². The maximum atomic E-state index is 14.0. The van der Waals surface area contributed by atoms with Crippen LogP contribution in [-0.2, 0) is 17.2 Å². The van der Waals surface area contributed by atoms with Gasteiger partial charge in [-0.15, -0.1) is 5.10 Å². The van der Waals surface area contributed by atoms with Crippen molar-refractivity contribution in [3.8, 4) is 5.75 Å². The standard InChI is InChI=1S/C35H32ClN5O2S/c1-22-15-17-25(18-16-22)20-43-28-12-8-11-26(19-28)32-31(33(42)38-30-14-7-4-9-23(30)2)24(3)37-34-39-35(40-41(32)34)44-21-27-10-5-6-13-29(27)36/h4-19,32H,20-21H2,1-3H3,(H,38,42)(H,37,39,40). The van der Waals surface area contributed by atoms with Crippen LogP contribution in [0, 0.1) is 13.8 Å². The first-order valence-corrected chi connectivity index (χ1v) is 15.7. The first-order chi connectivity index (χ1) is 21.4. The van der Waals surface area contributed by atoms with Gasteiger partial charge < -0.3 is 15.4 Å². The minimum atomic E-state index is -0.541. The number of aryl methyl sites for hydroxylation is 2. The smallest absolute Gasteiger partial charge is 0.255 e. The summed E-state index contributed by atoms with van der Waals surface area (Å²) in [5.41, 5.74) is 7.12. The number of carbonyl (C=O) groups excluding carboxylic acids is 1. The molecule has 2 N–H and O–H groups in total. The predicted molar refractivity (Wildman–Crippen MR) is 177 cm³/mol. The third-order valence-corrected chi connectivity index (χ3v) is 8.74. The van der Waals surface area contributed by atoms with Gasteiger partial charge >= 0.3 is 0 Å². The number of benzene rings is 4. The Bertz CT molecular complexity index is 1850. The van der Waals surface area contributed by atoms with E-state index in [0.29, 0.717) is 45.5 Å². The number of thioether (sulfide) groups is 1. The zero-order chi connectivity index (χ0) is 30.6. The molecular formula is C35H32ClN5O2S. The lowest BCUT2D eigenvalue weighted by molar-refractivity contribution is -0.113. The molecule has 44 heavy (non-hydrogen) atoms. The fraction of sp³-hybridized carbons (Fsp3) is 0.171. The first-order valence-electron chi connectivity index (χ1n) is 14.3. The van der Waals surface area contributed by atoms with Crippen molar-refractivity contribution < 1.29 is 9.53 Å². The van der Waals surface area contributed by atoms with Gasteiger partial charge in [0.1, 0.15) is 18.4 Å². The van der Waals surface area contributed by atoms with Crippen LogP contribution in [0.2, 0.25) is 5.02 Å². The molecule has 1 aliphatic rings. The summed E-state index contributed by atoms with van der Waals surface area (Å²) in [6, 6.07) is 31.0. The zero-order valence-corrected chi connectivity index (χ0v) is 26.2. The summed E-state index contributed by atoms with van der Waals surface area (Å²) < 4.78 is 7.98. The van der Waals surface area contributed by atoms with E-state index in [9.17, 15) is 4.79 Å². The number of hydrogen-bond acceptors (Lipinski definition) is 6. The Morgan fingerprint density at radius 2 is 1.75 bits per heavy atom. The van der Waals surface area contributed by atoms with Crippen molar-refractivity contribution in [3.63, 3.8) is 0 Å². The van der Waals surface area contributed by atoms with Crippen LogP contribution >= 0.6 is 23.4 Å². The lowest BCUT2D eigenvalue weighted by Crippen LogP contribution is -2.31. The van der Waals surface area contributed by atoms with Crippen LogP contribution in [0.5, 0.6) is 5.75 Å². The maximum Gasteiger partial charge on any atom is 0.255 e. The number of nitrogens with zero attached hydrogens (tertiary/aromatic N) is 3. The van der Waals surface area contributed by atoms with Gasteiger partial charge in [0.2, 0.25) is 11.1 Å². The molecule has 0 saturated carbocycles. The van der Waals surface area contributed by atoms with Gasteiger partial charge in [-0.25, -0.2) is 4.68 Å². The summed E-state index contributed by atoms with van der Waals surface area (Å²) in [6.07, 6.45) is 0. The third kappa shape index (κ3) is 6.51. The SMILES string of the molecule is CC1=C(C(=O)Nc2ccccc2C)C(c2cccc(OCc3ccc(C)cc3)c2)n2nc(SCc3ccccc3Cl)nc2N1. The lowest BCUT2D eigenvalue weighted by Gasteiger charge is -2.29. The molecule has 9 heteroatoms. The number of aromatic nitrogens is 3. The highest BCUT2D eigenvalue weighted by atomic mass is 35.5. The van der Waals surface area contributed by atoms with E-state index in [1.807, 2.05) is 86.6 Å². The van der Waals surface area contributed by atoms with Crippen LogP contribution in [-0.4, -0.2) is 20.7 Å². The predicted octanol–water partition coefficient (Wildman–Crippen LogP) is 8.35. The van der Waals surface area contributed by atoms with Crippen LogP contribution < -0.4 is 15.4 Å². The molecule has 1 aromatic heterocycles. The fourth-order valence-corrected chi connectivity index (χ4v) is 6.20. The van der Waals surface area contributed by atoms with Gasteiger partial charge in [-0.1, -0.05) is 102 Å². The number of allylic oxidation sites excluding steroid dienone is 1. The van der Waals surface area contributed by atoms with Crippen molar-refractivity contribution in [2.75, 3.05) is 10.6 Å². The van der Waals surface area contributed by atoms with Gasteiger partial charge in [-0.05, 0) is 67.3 Å². The molecule has 7 nitrogen and oxygen atoms in total. The molecule has 0 aliphatic carbocycles. The molecule has 1 amide bonds. The number of amides is 1. The number of hydrogen-bond donors (Lipinski definition) is 2. The Hall–Kier alpha value is -4.53. The van der Waals surface area contributed by atoms with E-state index in [1.54, 1.807) is 4.68 Å². The normalized spacial score (nSPS) is 14.1. The van der Waals surface area contributed by atoms with E-state index < -0.39 is 6.04 Å². The largest absolute Gasteiger partial charge is 0.489 e. The third-order valence-electron chi connectivity index (χ3n) is 7.49. The van der Waals surface area contributed by atoms with Gasteiger partial charge in [0.05, 0.1) is 5.57 Å². The molecule has 1 unspecified atom stereocenters. The number of para-hydroxylation sites is 1. The van der Waals surface area contributed by atoms with Crippen molar-refractivity contribution in [3.05, 3.63) is 141 Å². The maximum absolute atomic E-state index is 14.0. The van der Waals surface area contributed by atoms with E-state index >= 15 is 0 Å². The Labute approximate surface area is 266 Å². The van der Waals surface area contributed by atoms with Crippen molar-refractivity contribution in [1.82, 2.24) is 14.8 Å². The second-order valence-electron chi connectivity index (χ2n) is 10.7. The number of halogens is 1. The van der Waals surface area contributed by atoms with Crippen molar-refractivity contribution >= 4 is 40.9 Å². The molecule has 5 aromatic rings. The van der Waals surface area contributed by atoms with E-state index in [1.165, 1.54) is 17.3 Å². The summed E-state index contributed by atoms with van der Waals surface area (Å²) in [6.45, 7) is 6.37. The molecule has 1 atom stereocenters. The van der Waals surface area contributed by atoms with Crippen LogP contribution in [0.1, 0.15) is 40.8 Å². The van der Waals surface area contributed by atoms with E-state index in [0.717, 1.165) is 27.9 Å².